The molecule has 0 bridgehead atoms. The number of aromatic nitrogens is 1. The Labute approximate surface area is 198 Å². The van der Waals surface area contributed by atoms with Crippen molar-refractivity contribution < 1.29 is 14.1 Å². The molecule has 0 saturated heterocycles. The van der Waals surface area contributed by atoms with Gasteiger partial charge < -0.3 is 25.2 Å². The molecular formula is C21H40IN5O3. The van der Waals surface area contributed by atoms with Gasteiger partial charge in [0, 0.05) is 25.6 Å². The van der Waals surface area contributed by atoms with Crippen LogP contribution in [0.3, 0.4) is 0 Å². The third kappa shape index (κ3) is 10.5. The lowest BCUT2D eigenvalue weighted by Crippen LogP contribution is -2.50. The Bertz CT molecular complexity index is 651. The highest BCUT2D eigenvalue weighted by molar-refractivity contribution is 14.0. The molecule has 1 rings (SSSR count). The standard InChI is InChI=1S/C21H39N5O3.HI/c1-9-15(10-2)17-11-16(29-26-17)12-23-19(22-8)24-13-18(14(3)4)25-20(27)28-21(5,6)7;/h11,14-15,18H,9-10,12-13H2,1-8H3,(H,25,27)(H2,22,23,24);1H. The zero-order chi connectivity index (χ0) is 22.0. The van der Waals surface area contributed by atoms with Gasteiger partial charge in [0.2, 0.25) is 0 Å². The summed E-state index contributed by atoms with van der Waals surface area (Å²) in [6.07, 6.45) is 1.66. The van der Waals surface area contributed by atoms with Crippen LogP contribution in [0.5, 0.6) is 0 Å². The normalized spacial score (nSPS) is 13.1. The van der Waals surface area contributed by atoms with Gasteiger partial charge in [0.1, 0.15) is 5.60 Å². The van der Waals surface area contributed by atoms with E-state index in [-0.39, 0.29) is 35.9 Å². The molecule has 3 N–H and O–H groups in total. The minimum absolute atomic E-state index is 0. The summed E-state index contributed by atoms with van der Waals surface area (Å²) in [5.41, 5.74) is 0.470. The van der Waals surface area contributed by atoms with Crippen molar-refractivity contribution in [1.29, 1.82) is 0 Å². The average molecular weight is 537 g/mol. The number of carbonyl (C=O) groups is 1. The number of ether oxygens (including phenoxy) is 1. The Hall–Kier alpha value is -1.52. The zero-order valence-corrected chi connectivity index (χ0v) is 22.0. The molecule has 174 valence electrons. The van der Waals surface area contributed by atoms with Gasteiger partial charge in [0.15, 0.2) is 11.7 Å². The lowest BCUT2D eigenvalue weighted by Gasteiger charge is -2.26. The molecule has 8 nitrogen and oxygen atoms in total. The molecule has 1 heterocycles. The summed E-state index contributed by atoms with van der Waals surface area (Å²) in [5.74, 6) is 2.05. The number of carbonyl (C=O) groups excluding carboxylic acids is 1. The van der Waals surface area contributed by atoms with Gasteiger partial charge in [-0.1, -0.05) is 32.9 Å². The van der Waals surface area contributed by atoms with Gasteiger partial charge in [-0.3, -0.25) is 4.99 Å². The van der Waals surface area contributed by atoms with E-state index < -0.39 is 11.7 Å². The number of amides is 1. The van der Waals surface area contributed by atoms with E-state index in [1.165, 1.54) is 0 Å². The predicted octanol–water partition coefficient (Wildman–Crippen LogP) is 4.41. The molecule has 0 spiro atoms. The summed E-state index contributed by atoms with van der Waals surface area (Å²) < 4.78 is 10.8. The number of nitrogens with one attached hydrogen (secondary N) is 3. The quantitative estimate of drug-likeness (QED) is 0.245. The van der Waals surface area contributed by atoms with E-state index in [2.05, 4.69) is 39.9 Å². The van der Waals surface area contributed by atoms with Crippen molar-refractivity contribution in [2.45, 2.75) is 85.4 Å². The molecule has 0 radical (unpaired) electrons. The highest BCUT2D eigenvalue weighted by Gasteiger charge is 2.21. The van der Waals surface area contributed by atoms with Crippen LogP contribution in [0.25, 0.3) is 0 Å². The van der Waals surface area contributed by atoms with Crippen LogP contribution in [0.15, 0.2) is 15.6 Å². The van der Waals surface area contributed by atoms with E-state index in [0.29, 0.717) is 25.0 Å². The van der Waals surface area contributed by atoms with E-state index in [1.807, 2.05) is 40.7 Å². The van der Waals surface area contributed by atoms with Gasteiger partial charge in [0.25, 0.3) is 0 Å². The highest BCUT2D eigenvalue weighted by atomic mass is 127. The Morgan fingerprint density at radius 2 is 1.87 bits per heavy atom. The molecule has 0 saturated carbocycles. The molecule has 9 heteroatoms. The number of nitrogens with zero attached hydrogens (tertiary/aromatic N) is 2. The maximum atomic E-state index is 12.1. The van der Waals surface area contributed by atoms with E-state index in [0.717, 1.165) is 24.3 Å². The molecule has 0 aliphatic rings. The summed E-state index contributed by atoms with van der Waals surface area (Å²) in [4.78, 5) is 16.3. The molecule has 30 heavy (non-hydrogen) atoms. The van der Waals surface area contributed by atoms with Gasteiger partial charge in [-0.05, 0) is 39.5 Å². The molecule has 1 unspecified atom stereocenters. The zero-order valence-electron chi connectivity index (χ0n) is 19.7. The van der Waals surface area contributed by atoms with Crippen LogP contribution in [0.1, 0.15) is 78.7 Å². The van der Waals surface area contributed by atoms with Gasteiger partial charge in [-0.25, -0.2) is 4.79 Å². The fraction of sp³-hybridized carbons (Fsp3) is 0.762. The topological polar surface area (TPSA) is 101 Å². The fourth-order valence-corrected chi connectivity index (χ4v) is 2.82. The second-order valence-corrected chi connectivity index (χ2v) is 8.53. The van der Waals surface area contributed by atoms with Crippen molar-refractivity contribution in [1.82, 2.24) is 21.1 Å². The van der Waals surface area contributed by atoms with Gasteiger partial charge in [-0.2, -0.15) is 0 Å². The number of rotatable bonds is 9. The van der Waals surface area contributed by atoms with Gasteiger partial charge in [-0.15, -0.1) is 24.0 Å². The summed E-state index contributed by atoms with van der Waals surface area (Å²) in [6, 6.07) is 1.90. The Balaban J connectivity index is 0.00000841. The number of alkyl carbamates (subject to hydrolysis) is 1. The largest absolute Gasteiger partial charge is 0.444 e. The Kier molecular flexibility index (Phi) is 13.0. The maximum absolute atomic E-state index is 12.1. The lowest BCUT2D eigenvalue weighted by molar-refractivity contribution is 0.0491. The maximum Gasteiger partial charge on any atom is 0.407 e. The van der Waals surface area contributed by atoms with Gasteiger partial charge in [0.05, 0.1) is 18.3 Å². The third-order valence-electron chi connectivity index (χ3n) is 4.63. The van der Waals surface area contributed by atoms with E-state index in [4.69, 9.17) is 9.26 Å². The minimum atomic E-state index is -0.527. The van der Waals surface area contributed by atoms with Crippen LogP contribution < -0.4 is 16.0 Å². The van der Waals surface area contributed by atoms with E-state index >= 15 is 0 Å². The van der Waals surface area contributed by atoms with Gasteiger partial charge >= 0.3 is 6.09 Å². The second kappa shape index (κ2) is 13.7. The average Bonchev–Trinajstić information content (AvgIpc) is 3.08. The molecule has 0 aliphatic heterocycles. The molecule has 1 aromatic heterocycles. The number of aliphatic imine (C=N–C) groups is 1. The Morgan fingerprint density at radius 3 is 2.37 bits per heavy atom. The molecule has 0 fully saturated rings. The van der Waals surface area contributed by atoms with E-state index in [9.17, 15) is 4.79 Å². The molecule has 0 aliphatic carbocycles. The van der Waals surface area contributed by atoms with Crippen LogP contribution in [0.4, 0.5) is 4.79 Å². The van der Waals surface area contributed by atoms with Crippen molar-refractivity contribution in [3.05, 3.63) is 17.5 Å². The minimum Gasteiger partial charge on any atom is -0.444 e. The first kappa shape index (κ1) is 28.5. The van der Waals surface area contributed by atoms with Crippen molar-refractivity contribution >= 4 is 36.0 Å². The first-order chi connectivity index (χ1) is 13.6. The molecule has 1 aromatic rings. The molecular weight excluding hydrogens is 497 g/mol. The van der Waals surface area contributed by atoms with Crippen LogP contribution in [-0.2, 0) is 11.3 Å². The Morgan fingerprint density at radius 1 is 1.23 bits per heavy atom. The molecule has 1 amide bonds. The fourth-order valence-electron chi connectivity index (χ4n) is 2.82. The second-order valence-electron chi connectivity index (χ2n) is 8.53. The third-order valence-corrected chi connectivity index (χ3v) is 4.63. The van der Waals surface area contributed by atoms with Crippen molar-refractivity contribution in [3.8, 4) is 0 Å². The van der Waals surface area contributed by atoms with Crippen LogP contribution in [0.2, 0.25) is 0 Å². The number of guanidine groups is 1. The lowest BCUT2D eigenvalue weighted by atomic mass is 9.99. The monoisotopic (exact) mass is 537 g/mol. The smallest absolute Gasteiger partial charge is 0.407 e. The number of hydrogen-bond donors (Lipinski definition) is 3. The number of hydrogen-bond acceptors (Lipinski definition) is 5. The number of halogens is 1. The first-order valence-electron chi connectivity index (χ1n) is 10.5. The predicted molar refractivity (Wildman–Crippen MR) is 131 cm³/mol. The van der Waals surface area contributed by atoms with Crippen molar-refractivity contribution in [2.24, 2.45) is 10.9 Å². The molecule has 0 aromatic carbocycles. The van der Waals surface area contributed by atoms with Crippen LogP contribution >= 0.6 is 24.0 Å². The first-order valence-corrected chi connectivity index (χ1v) is 10.5. The van der Waals surface area contributed by atoms with Crippen molar-refractivity contribution in [3.63, 3.8) is 0 Å². The van der Waals surface area contributed by atoms with E-state index in [1.54, 1.807) is 7.05 Å². The molecule has 1 atom stereocenters. The van der Waals surface area contributed by atoms with Crippen molar-refractivity contribution in [2.75, 3.05) is 13.6 Å². The summed E-state index contributed by atoms with van der Waals surface area (Å²) >= 11 is 0. The summed E-state index contributed by atoms with van der Waals surface area (Å²) in [5, 5.41) is 13.6. The van der Waals surface area contributed by atoms with Crippen LogP contribution in [-0.4, -0.2) is 42.4 Å². The highest BCUT2D eigenvalue weighted by Crippen LogP contribution is 2.22. The summed E-state index contributed by atoms with van der Waals surface area (Å²) in [7, 11) is 1.71. The SMILES string of the molecule is CCC(CC)c1cc(CNC(=NC)NCC(NC(=O)OC(C)(C)C)C(C)C)on1.I. The van der Waals surface area contributed by atoms with Crippen LogP contribution in [0, 0.1) is 5.92 Å². The summed E-state index contributed by atoms with van der Waals surface area (Å²) in [6.45, 7) is 15.0.